The van der Waals surface area contributed by atoms with Gasteiger partial charge in [-0.25, -0.2) is 0 Å². The highest BCUT2D eigenvalue weighted by atomic mass is 16.5. The molecule has 0 radical (unpaired) electrons. The summed E-state index contributed by atoms with van der Waals surface area (Å²) in [5, 5.41) is 3.67. The van der Waals surface area contributed by atoms with Crippen molar-refractivity contribution < 1.29 is 4.74 Å². The first-order chi connectivity index (χ1) is 11.7. The van der Waals surface area contributed by atoms with Gasteiger partial charge in [0, 0.05) is 5.69 Å². The first-order valence-corrected chi connectivity index (χ1v) is 8.20. The maximum Gasteiger partial charge on any atom is 0.119 e. The molecule has 3 rings (SSSR count). The van der Waals surface area contributed by atoms with Crippen LogP contribution < -0.4 is 10.1 Å². The van der Waals surface area contributed by atoms with Crippen LogP contribution in [-0.4, -0.2) is 7.11 Å². The fourth-order valence-corrected chi connectivity index (χ4v) is 2.99. The Hall–Kier alpha value is -2.74. The first-order valence-electron chi connectivity index (χ1n) is 8.20. The molecule has 3 aromatic carbocycles. The van der Waals surface area contributed by atoms with E-state index < -0.39 is 0 Å². The SMILES string of the molecule is COc1ccc(NC(c2ccccc2)c2ccc(C)cc2C)cc1. The second-order valence-electron chi connectivity index (χ2n) is 6.08. The predicted octanol–water partition coefficient (Wildman–Crippen LogP) is 5.51. The molecule has 2 heteroatoms. The summed E-state index contributed by atoms with van der Waals surface area (Å²) in [6, 6.07) is 25.4. The van der Waals surface area contributed by atoms with Crippen molar-refractivity contribution in [3.8, 4) is 5.75 Å². The predicted molar refractivity (Wildman–Crippen MR) is 101 cm³/mol. The van der Waals surface area contributed by atoms with Crippen LogP contribution in [0.2, 0.25) is 0 Å². The molecule has 0 aliphatic carbocycles. The third-order valence-corrected chi connectivity index (χ3v) is 4.27. The summed E-state index contributed by atoms with van der Waals surface area (Å²) in [6.45, 7) is 4.30. The fourth-order valence-electron chi connectivity index (χ4n) is 2.99. The van der Waals surface area contributed by atoms with Gasteiger partial charge < -0.3 is 10.1 Å². The van der Waals surface area contributed by atoms with E-state index in [1.54, 1.807) is 7.11 Å². The van der Waals surface area contributed by atoms with Crippen molar-refractivity contribution >= 4 is 5.69 Å². The summed E-state index contributed by atoms with van der Waals surface area (Å²) in [4.78, 5) is 0. The highest BCUT2D eigenvalue weighted by molar-refractivity contribution is 5.52. The molecule has 1 atom stereocenters. The van der Waals surface area contributed by atoms with Gasteiger partial charge in [-0.1, -0.05) is 54.1 Å². The Kier molecular flexibility index (Phi) is 4.85. The summed E-state index contributed by atoms with van der Waals surface area (Å²) in [5.74, 6) is 0.864. The summed E-state index contributed by atoms with van der Waals surface area (Å²) in [5.41, 5.74) is 6.20. The van der Waals surface area contributed by atoms with Crippen LogP contribution in [0, 0.1) is 13.8 Å². The van der Waals surface area contributed by atoms with Gasteiger partial charge in [0.2, 0.25) is 0 Å². The molecule has 0 amide bonds. The molecule has 1 N–H and O–H groups in total. The van der Waals surface area contributed by atoms with Crippen LogP contribution >= 0.6 is 0 Å². The second kappa shape index (κ2) is 7.22. The lowest BCUT2D eigenvalue weighted by Crippen LogP contribution is -2.13. The van der Waals surface area contributed by atoms with Crippen molar-refractivity contribution in [2.75, 3.05) is 12.4 Å². The van der Waals surface area contributed by atoms with E-state index in [1.165, 1.54) is 22.3 Å². The van der Waals surface area contributed by atoms with E-state index in [2.05, 4.69) is 79.8 Å². The van der Waals surface area contributed by atoms with Crippen LogP contribution in [0.5, 0.6) is 5.75 Å². The quantitative estimate of drug-likeness (QED) is 0.669. The molecule has 0 aromatic heterocycles. The number of hydrogen-bond acceptors (Lipinski definition) is 2. The maximum absolute atomic E-state index is 5.25. The zero-order valence-electron chi connectivity index (χ0n) is 14.4. The monoisotopic (exact) mass is 317 g/mol. The molecule has 0 spiro atoms. The first kappa shape index (κ1) is 16.1. The number of ether oxygens (including phenoxy) is 1. The van der Waals surface area contributed by atoms with E-state index in [0.717, 1.165) is 11.4 Å². The van der Waals surface area contributed by atoms with E-state index >= 15 is 0 Å². The molecule has 1 unspecified atom stereocenters. The van der Waals surface area contributed by atoms with Gasteiger partial charge in [0.25, 0.3) is 0 Å². The normalized spacial score (nSPS) is 11.8. The molecule has 0 aliphatic heterocycles. The maximum atomic E-state index is 5.25. The Morgan fingerprint density at radius 2 is 1.54 bits per heavy atom. The average molecular weight is 317 g/mol. The molecule has 24 heavy (non-hydrogen) atoms. The fraction of sp³-hybridized carbons (Fsp3) is 0.182. The van der Waals surface area contributed by atoms with Gasteiger partial charge in [-0.2, -0.15) is 0 Å². The number of methoxy groups -OCH3 is 1. The van der Waals surface area contributed by atoms with Gasteiger partial charge in [0.05, 0.1) is 13.2 Å². The van der Waals surface area contributed by atoms with E-state index in [0.29, 0.717) is 0 Å². The van der Waals surface area contributed by atoms with E-state index in [-0.39, 0.29) is 6.04 Å². The zero-order chi connectivity index (χ0) is 16.9. The zero-order valence-corrected chi connectivity index (χ0v) is 14.4. The minimum Gasteiger partial charge on any atom is -0.497 e. The Bertz CT molecular complexity index is 794. The molecule has 3 aromatic rings. The average Bonchev–Trinajstić information content (AvgIpc) is 2.61. The van der Waals surface area contributed by atoms with Gasteiger partial charge in [-0.15, -0.1) is 0 Å². The summed E-state index contributed by atoms with van der Waals surface area (Å²) in [7, 11) is 1.69. The van der Waals surface area contributed by atoms with Gasteiger partial charge in [0.1, 0.15) is 5.75 Å². The smallest absolute Gasteiger partial charge is 0.119 e. The van der Waals surface area contributed by atoms with Crippen molar-refractivity contribution in [3.63, 3.8) is 0 Å². The van der Waals surface area contributed by atoms with E-state index in [4.69, 9.17) is 4.74 Å². The highest BCUT2D eigenvalue weighted by Gasteiger charge is 2.16. The van der Waals surface area contributed by atoms with Crippen LogP contribution in [0.25, 0.3) is 0 Å². The molecular formula is C22H23NO. The van der Waals surface area contributed by atoms with Crippen molar-refractivity contribution in [2.24, 2.45) is 0 Å². The number of nitrogens with one attached hydrogen (secondary N) is 1. The summed E-state index contributed by atoms with van der Waals surface area (Å²) < 4.78 is 5.25. The Morgan fingerprint density at radius 1 is 0.833 bits per heavy atom. The molecule has 0 fully saturated rings. The van der Waals surface area contributed by atoms with Crippen molar-refractivity contribution in [1.82, 2.24) is 0 Å². The number of anilines is 1. The summed E-state index contributed by atoms with van der Waals surface area (Å²) in [6.07, 6.45) is 0. The van der Waals surface area contributed by atoms with Gasteiger partial charge in [0.15, 0.2) is 0 Å². The lowest BCUT2D eigenvalue weighted by molar-refractivity contribution is 0.415. The van der Waals surface area contributed by atoms with Crippen LogP contribution in [0.3, 0.4) is 0 Å². The number of aryl methyl sites for hydroxylation is 2. The largest absolute Gasteiger partial charge is 0.497 e. The highest BCUT2D eigenvalue weighted by Crippen LogP contribution is 2.30. The summed E-state index contributed by atoms with van der Waals surface area (Å²) >= 11 is 0. The van der Waals surface area contributed by atoms with Gasteiger partial charge >= 0.3 is 0 Å². The molecule has 0 heterocycles. The lowest BCUT2D eigenvalue weighted by atomic mass is 9.93. The van der Waals surface area contributed by atoms with Crippen molar-refractivity contribution in [3.05, 3.63) is 95.1 Å². The van der Waals surface area contributed by atoms with E-state index in [9.17, 15) is 0 Å². The number of benzene rings is 3. The Balaban J connectivity index is 1.98. The van der Waals surface area contributed by atoms with Crippen LogP contribution in [-0.2, 0) is 0 Å². The molecule has 0 bridgehead atoms. The standard InChI is InChI=1S/C22H23NO/c1-16-9-14-21(17(2)15-16)22(18-7-5-4-6-8-18)23-19-10-12-20(24-3)13-11-19/h4-15,22-23H,1-3H3. The number of hydrogen-bond donors (Lipinski definition) is 1. The molecule has 0 saturated carbocycles. The topological polar surface area (TPSA) is 21.3 Å². The van der Waals surface area contributed by atoms with E-state index in [1.807, 2.05) is 12.1 Å². The lowest BCUT2D eigenvalue weighted by Gasteiger charge is -2.23. The molecular weight excluding hydrogens is 294 g/mol. The van der Waals surface area contributed by atoms with Crippen LogP contribution in [0.4, 0.5) is 5.69 Å². The minimum atomic E-state index is 0.111. The van der Waals surface area contributed by atoms with Gasteiger partial charge in [-0.3, -0.25) is 0 Å². The van der Waals surface area contributed by atoms with Crippen molar-refractivity contribution in [1.29, 1.82) is 0 Å². The molecule has 0 saturated heterocycles. The van der Waals surface area contributed by atoms with Crippen LogP contribution in [0.1, 0.15) is 28.3 Å². The minimum absolute atomic E-state index is 0.111. The number of rotatable bonds is 5. The Labute approximate surface area is 144 Å². The Morgan fingerprint density at radius 3 is 2.17 bits per heavy atom. The second-order valence-corrected chi connectivity index (χ2v) is 6.08. The third kappa shape index (κ3) is 3.60. The molecule has 0 aliphatic rings. The van der Waals surface area contributed by atoms with Crippen LogP contribution in [0.15, 0.2) is 72.8 Å². The molecule has 122 valence electrons. The van der Waals surface area contributed by atoms with Crippen molar-refractivity contribution in [2.45, 2.75) is 19.9 Å². The van der Waals surface area contributed by atoms with Gasteiger partial charge in [-0.05, 0) is 54.8 Å². The molecule has 2 nitrogen and oxygen atoms in total. The third-order valence-electron chi connectivity index (χ3n) is 4.27.